The lowest BCUT2D eigenvalue weighted by Crippen LogP contribution is -1.98. The van der Waals surface area contributed by atoms with Crippen LogP contribution in [0.4, 0.5) is 0 Å². The average molecular weight is 252 g/mol. The minimum Gasteiger partial charge on any atom is -0.467 e. The molecular weight excluding hydrogens is 242 g/mol. The Hall–Kier alpha value is -1.88. The zero-order valence-corrected chi connectivity index (χ0v) is 10.1. The summed E-state index contributed by atoms with van der Waals surface area (Å²) in [5.41, 5.74) is 1.14. The highest BCUT2D eigenvalue weighted by atomic mass is 35.5. The summed E-state index contributed by atoms with van der Waals surface area (Å²) in [5.74, 6) is 0.625. The van der Waals surface area contributed by atoms with E-state index in [4.69, 9.17) is 21.1 Å². The van der Waals surface area contributed by atoms with Crippen LogP contribution in [0.2, 0.25) is 5.28 Å². The minimum absolute atomic E-state index is 0.0268. The third-order valence-corrected chi connectivity index (χ3v) is 2.15. The van der Waals surface area contributed by atoms with Gasteiger partial charge in [-0.15, -0.1) is 4.98 Å². The molecule has 0 bridgehead atoms. The lowest BCUT2D eigenvalue weighted by molar-refractivity contribution is 0.359. The predicted molar refractivity (Wildman–Crippen MR) is 62.6 cm³/mol. The number of rotatable bonds is 3. The second-order valence-electron chi connectivity index (χ2n) is 3.29. The van der Waals surface area contributed by atoms with Crippen molar-refractivity contribution in [2.24, 2.45) is 0 Å². The van der Waals surface area contributed by atoms with Crippen molar-refractivity contribution in [2.45, 2.75) is 6.92 Å². The largest absolute Gasteiger partial charge is 0.467 e. The second-order valence-corrected chi connectivity index (χ2v) is 3.63. The van der Waals surface area contributed by atoms with E-state index in [1.165, 1.54) is 7.11 Å². The van der Waals surface area contributed by atoms with Crippen molar-refractivity contribution in [3.63, 3.8) is 0 Å². The van der Waals surface area contributed by atoms with Gasteiger partial charge in [0.05, 0.1) is 7.11 Å². The molecule has 88 valence electrons. The molecule has 2 aromatic rings. The third-order valence-electron chi connectivity index (χ3n) is 1.98. The Labute approximate surface area is 103 Å². The van der Waals surface area contributed by atoms with E-state index in [1.54, 1.807) is 0 Å². The molecule has 0 aliphatic carbocycles. The summed E-state index contributed by atoms with van der Waals surface area (Å²) in [4.78, 5) is 11.5. The number of halogens is 1. The van der Waals surface area contributed by atoms with Gasteiger partial charge in [0.15, 0.2) is 0 Å². The van der Waals surface area contributed by atoms with Crippen LogP contribution >= 0.6 is 11.6 Å². The quantitative estimate of drug-likeness (QED) is 0.839. The Bertz CT molecular complexity index is 517. The lowest BCUT2D eigenvalue weighted by Gasteiger charge is -2.05. The number of ether oxygens (including phenoxy) is 2. The fourth-order valence-electron chi connectivity index (χ4n) is 1.16. The van der Waals surface area contributed by atoms with E-state index < -0.39 is 0 Å². The third kappa shape index (κ3) is 3.04. The lowest BCUT2D eigenvalue weighted by atomic mass is 10.2. The maximum Gasteiger partial charge on any atom is 0.329 e. The average Bonchev–Trinajstić information content (AvgIpc) is 2.31. The number of hydrogen-bond donors (Lipinski definition) is 0. The van der Waals surface area contributed by atoms with E-state index in [9.17, 15) is 0 Å². The highest BCUT2D eigenvalue weighted by Crippen LogP contribution is 2.20. The monoisotopic (exact) mass is 251 g/mol. The molecular formula is C11H10ClN3O2. The summed E-state index contributed by atoms with van der Waals surface area (Å²) in [7, 11) is 1.45. The van der Waals surface area contributed by atoms with Gasteiger partial charge in [-0.05, 0) is 30.7 Å². The Morgan fingerprint density at radius 1 is 1.00 bits per heavy atom. The maximum absolute atomic E-state index is 5.70. The first kappa shape index (κ1) is 11.6. The molecule has 0 radical (unpaired) electrons. The van der Waals surface area contributed by atoms with Crippen LogP contribution in [0.1, 0.15) is 5.56 Å². The highest BCUT2D eigenvalue weighted by Gasteiger charge is 2.07. The Balaban J connectivity index is 2.23. The summed E-state index contributed by atoms with van der Waals surface area (Å²) in [6.07, 6.45) is 0. The van der Waals surface area contributed by atoms with E-state index >= 15 is 0 Å². The molecule has 0 spiro atoms. The van der Waals surface area contributed by atoms with Gasteiger partial charge in [-0.3, -0.25) is 0 Å². The topological polar surface area (TPSA) is 57.1 Å². The zero-order valence-electron chi connectivity index (χ0n) is 9.35. The summed E-state index contributed by atoms with van der Waals surface area (Å²) < 4.78 is 10.3. The van der Waals surface area contributed by atoms with Gasteiger partial charge in [0.2, 0.25) is 5.28 Å². The smallest absolute Gasteiger partial charge is 0.329 e. The molecule has 0 fully saturated rings. The summed E-state index contributed by atoms with van der Waals surface area (Å²) in [6, 6.07) is 7.71. The Morgan fingerprint density at radius 3 is 2.29 bits per heavy atom. The number of benzene rings is 1. The van der Waals surface area contributed by atoms with Crippen molar-refractivity contribution in [2.75, 3.05) is 7.11 Å². The molecule has 0 atom stereocenters. The summed E-state index contributed by atoms with van der Waals surface area (Å²) in [6.45, 7) is 1.99. The number of aryl methyl sites for hydroxylation is 1. The van der Waals surface area contributed by atoms with E-state index in [0.717, 1.165) is 5.56 Å². The molecule has 0 N–H and O–H groups in total. The van der Waals surface area contributed by atoms with Crippen LogP contribution in [0.3, 0.4) is 0 Å². The van der Waals surface area contributed by atoms with Gasteiger partial charge in [0, 0.05) is 0 Å². The SMILES string of the molecule is COc1nc(Cl)nc(Oc2ccc(C)cc2)n1. The second kappa shape index (κ2) is 4.97. The predicted octanol–water partition coefficient (Wildman–Crippen LogP) is 2.63. The Kier molecular flexibility index (Phi) is 3.39. The fraction of sp³-hybridized carbons (Fsp3) is 0.182. The van der Waals surface area contributed by atoms with Crippen LogP contribution in [-0.4, -0.2) is 22.1 Å². The molecule has 0 aliphatic heterocycles. The molecule has 6 heteroatoms. The summed E-state index contributed by atoms with van der Waals surface area (Å²) in [5, 5.41) is 0.0268. The number of methoxy groups -OCH3 is 1. The summed E-state index contributed by atoms with van der Waals surface area (Å²) >= 11 is 5.70. The van der Waals surface area contributed by atoms with Crippen LogP contribution in [0.15, 0.2) is 24.3 Å². The molecule has 0 aliphatic rings. The van der Waals surface area contributed by atoms with E-state index in [2.05, 4.69) is 15.0 Å². The molecule has 17 heavy (non-hydrogen) atoms. The van der Waals surface area contributed by atoms with Gasteiger partial charge < -0.3 is 9.47 Å². The molecule has 1 heterocycles. The molecule has 0 unspecified atom stereocenters. The minimum atomic E-state index is 0.0268. The molecule has 5 nitrogen and oxygen atoms in total. The normalized spacial score (nSPS) is 10.1. The fourth-order valence-corrected chi connectivity index (χ4v) is 1.31. The van der Waals surface area contributed by atoms with Crippen molar-refractivity contribution < 1.29 is 9.47 Å². The van der Waals surface area contributed by atoms with Gasteiger partial charge in [-0.2, -0.15) is 9.97 Å². The van der Waals surface area contributed by atoms with Crippen LogP contribution in [-0.2, 0) is 0 Å². The van der Waals surface area contributed by atoms with Crippen molar-refractivity contribution in [3.05, 3.63) is 35.1 Å². The van der Waals surface area contributed by atoms with Gasteiger partial charge in [0.25, 0.3) is 0 Å². The van der Waals surface area contributed by atoms with E-state index in [0.29, 0.717) is 5.75 Å². The van der Waals surface area contributed by atoms with Crippen molar-refractivity contribution in [1.29, 1.82) is 0 Å². The van der Waals surface area contributed by atoms with Crippen molar-refractivity contribution in [1.82, 2.24) is 15.0 Å². The molecule has 2 rings (SSSR count). The van der Waals surface area contributed by atoms with Gasteiger partial charge >= 0.3 is 12.0 Å². The number of nitrogens with zero attached hydrogens (tertiary/aromatic N) is 3. The van der Waals surface area contributed by atoms with Crippen molar-refractivity contribution >= 4 is 11.6 Å². The molecule has 0 amide bonds. The van der Waals surface area contributed by atoms with Gasteiger partial charge in [0.1, 0.15) is 5.75 Å². The first-order valence-corrected chi connectivity index (χ1v) is 5.25. The van der Waals surface area contributed by atoms with E-state index in [1.807, 2.05) is 31.2 Å². The van der Waals surface area contributed by atoms with E-state index in [-0.39, 0.29) is 17.3 Å². The van der Waals surface area contributed by atoms with Crippen molar-refractivity contribution in [3.8, 4) is 17.8 Å². The van der Waals surface area contributed by atoms with Crippen LogP contribution in [0.5, 0.6) is 17.8 Å². The van der Waals surface area contributed by atoms with Gasteiger partial charge in [-0.1, -0.05) is 17.7 Å². The number of aromatic nitrogens is 3. The van der Waals surface area contributed by atoms with Crippen LogP contribution in [0.25, 0.3) is 0 Å². The van der Waals surface area contributed by atoms with Crippen LogP contribution in [0, 0.1) is 6.92 Å². The Morgan fingerprint density at radius 2 is 1.65 bits per heavy atom. The maximum atomic E-state index is 5.70. The zero-order chi connectivity index (χ0) is 12.3. The van der Waals surface area contributed by atoms with Gasteiger partial charge in [-0.25, -0.2) is 0 Å². The molecule has 0 saturated heterocycles. The first-order chi connectivity index (χ1) is 8.17. The standard InChI is InChI=1S/C11H10ClN3O2/c1-7-3-5-8(6-4-7)17-11-14-9(12)13-10(15-11)16-2/h3-6H,1-2H3. The van der Waals surface area contributed by atoms with Crippen LogP contribution < -0.4 is 9.47 Å². The number of hydrogen-bond acceptors (Lipinski definition) is 5. The first-order valence-electron chi connectivity index (χ1n) is 4.87. The molecule has 1 aromatic heterocycles. The highest BCUT2D eigenvalue weighted by molar-refractivity contribution is 6.28. The molecule has 0 saturated carbocycles. The molecule has 1 aromatic carbocycles.